The average molecular weight is 331 g/mol. The summed E-state index contributed by atoms with van der Waals surface area (Å²) >= 11 is 0. The Bertz CT molecular complexity index is 626. The summed E-state index contributed by atoms with van der Waals surface area (Å²) in [7, 11) is 0. The lowest BCUT2D eigenvalue weighted by Crippen LogP contribution is -2.37. The van der Waals surface area contributed by atoms with E-state index in [0.29, 0.717) is 5.56 Å². The zero-order valence-corrected chi connectivity index (χ0v) is 13.5. The molecule has 0 fully saturated rings. The molecule has 2 amide bonds. The molecule has 0 aliphatic rings. The lowest BCUT2D eigenvalue weighted by atomic mass is 10.2. The van der Waals surface area contributed by atoms with Gasteiger partial charge in [-0.05, 0) is 18.2 Å². The summed E-state index contributed by atoms with van der Waals surface area (Å²) < 4.78 is 4.93. The molecule has 1 aromatic rings. The average Bonchev–Trinajstić information content (AvgIpc) is 2.57. The van der Waals surface area contributed by atoms with E-state index >= 15 is 0 Å². The summed E-state index contributed by atoms with van der Waals surface area (Å²) in [4.78, 5) is 35.1. The van der Waals surface area contributed by atoms with E-state index in [1.165, 1.54) is 19.1 Å². The normalized spacial score (nSPS) is 12.0. The van der Waals surface area contributed by atoms with Crippen LogP contribution in [0.4, 0.5) is 0 Å². The predicted molar refractivity (Wildman–Crippen MR) is 89.8 cm³/mol. The summed E-state index contributed by atoms with van der Waals surface area (Å²) in [5, 5.41) is 5.01. The Labute approximate surface area is 140 Å². The van der Waals surface area contributed by atoms with Gasteiger partial charge in [-0.15, -0.1) is 0 Å². The number of benzene rings is 1. The van der Waals surface area contributed by atoms with Crippen molar-refractivity contribution in [3.05, 3.63) is 60.3 Å². The molecule has 0 aliphatic carbocycles. The minimum atomic E-state index is -0.738. The Morgan fingerprint density at radius 2 is 1.96 bits per heavy atom. The second kappa shape index (κ2) is 9.96. The quantitative estimate of drug-likeness (QED) is 0.365. The highest BCUT2D eigenvalue weighted by atomic mass is 16.5. The molecular formula is C17H21N3O4. The molecule has 7 heteroatoms. The zero-order valence-electron chi connectivity index (χ0n) is 13.5. The third-order valence-electron chi connectivity index (χ3n) is 2.80. The molecule has 0 radical (unpaired) electrons. The van der Waals surface area contributed by atoms with Gasteiger partial charge in [-0.25, -0.2) is 4.79 Å². The molecule has 0 spiro atoms. The molecule has 1 atom stereocenters. The van der Waals surface area contributed by atoms with Crippen LogP contribution in [0.3, 0.4) is 0 Å². The van der Waals surface area contributed by atoms with Crippen LogP contribution in [0.5, 0.6) is 0 Å². The fourth-order valence-electron chi connectivity index (χ4n) is 1.69. The predicted octanol–water partition coefficient (Wildman–Crippen LogP) is 0.493. The number of nitrogens with two attached hydrogens (primary N) is 1. The molecule has 24 heavy (non-hydrogen) atoms. The van der Waals surface area contributed by atoms with E-state index in [0.717, 1.165) is 0 Å². The summed E-state index contributed by atoms with van der Waals surface area (Å²) in [6.07, 6.45) is 2.74. The first-order valence-electron chi connectivity index (χ1n) is 7.30. The second-order valence-electron chi connectivity index (χ2n) is 4.89. The Morgan fingerprint density at radius 3 is 2.54 bits per heavy atom. The number of rotatable bonds is 8. The highest BCUT2D eigenvalue weighted by Crippen LogP contribution is 2.03. The first-order chi connectivity index (χ1) is 11.4. The summed E-state index contributed by atoms with van der Waals surface area (Å²) in [6.45, 7) is 4.93. The van der Waals surface area contributed by atoms with Crippen molar-refractivity contribution in [2.45, 2.75) is 13.0 Å². The van der Waals surface area contributed by atoms with Crippen molar-refractivity contribution >= 4 is 17.8 Å². The lowest BCUT2D eigenvalue weighted by Gasteiger charge is -2.13. The molecule has 1 unspecified atom stereocenters. The number of amides is 2. The number of ether oxygens (including phenoxy) is 1. The first-order valence-corrected chi connectivity index (χ1v) is 7.30. The Kier molecular flexibility index (Phi) is 7.93. The van der Waals surface area contributed by atoms with Crippen LogP contribution in [0.25, 0.3) is 0 Å². The number of nitrogens with one attached hydrogen (secondary N) is 2. The van der Waals surface area contributed by atoms with Gasteiger partial charge in [0.25, 0.3) is 5.91 Å². The smallest absolute Gasteiger partial charge is 0.354 e. The van der Waals surface area contributed by atoms with Gasteiger partial charge in [0.1, 0.15) is 12.3 Å². The molecule has 0 aliphatic heterocycles. The number of hydrogen-bond donors (Lipinski definition) is 3. The van der Waals surface area contributed by atoms with Gasteiger partial charge < -0.3 is 21.1 Å². The SMILES string of the molecule is C=CCOC(=O)/C(=C/C(N)CNC(C)=O)NC(=O)c1ccccc1. The molecule has 128 valence electrons. The van der Waals surface area contributed by atoms with Crippen molar-refractivity contribution in [2.75, 3.05) is 13.2 Å². The van der Waals surface area contributed by atoms with Crippen molar-refractivity contribution in [1.82, 2.24) is 10.6 Å². The molecular weight excluding hydrogens is 310 g/mol. The first kappa shape index (κ1) is 19.1. The molecule has 0 saturated carbocycles. The highest BCUT2D eigenvalue weighted by Gasteiger charge is 2.17. The van der Waals surface area contributed by atoms with Crippen LogP contribution in [0.15, 0.2) is 54.8 Å². The van der Waals surface area contributed by atoms with Gasteiger partial charge in [-0.3, -0.25) is 9.59 Å². The second-order valence-corrected chi connectivity index (χ2v) is 4.89. The Hall–Kier alpha value is -2.93. The number of carbonyl (C=O) groups excluding carboxylic acids is 3. The van der Waals surface area contributed by atoms with Crippen LogP contribution in [0.1, 0.15) is 17.3 Å². The van der Waals surface area contributed by atoms with E-state index < -0.39 is 17.9 Å². The zero-order chi connectivity index (χ0) is 17.9. The van der Waals surface area contributed by atoms with Gasteiger partial charge in [0.2, 0.25) is 5.91 Å². The fraction of sp³-hybridized carbons (Fsp3) is 0.235. The maximum Gasteiger partial charge on any atom is 0.354 e. The number of esters is 1. The van der Waals surface area contributed by atoms with Gasteiger partial charge in [-0.1, -0.05) is 30.9 Å². The minimum absolute atomic E-state index is 0.00167. The standard InChI is InChI=1S/C17H21N3O4/c1-3-9-24-17(23)15(10-14(18)11-19-12(2)21)20-16(22)13-7-5-4-6-8-13/h3-8,10,14H,1,9,11,18H2,2H3,(H,19,21)(H,20,22)/b15-10-. The van der Waals surface area contributed by atoms with E-state index in [1.54, 1.807) is 30.3 Å². The van der Waals surface area contributed by atoms with Crippen molar-refractivity contribution in [2.24, 2.45) is 5.73 Å². The third kappa shape index (κ3) is 6.89. The minimum Gasteiger partial charge on any atom is -0.457 e. The molecule has 1 aromatic carbocycles. The van der Waals surface area contributed by atoms with Gasteiger partial charge in [0.15, 0.2) is 0 Å². The van der Waals surface area contributed by atoms with Crippen LogP contribution < -0.4 is 16.4 Å². The van der Waals surface area contributed by atoms with E-state index in [2.05, 4.69) is 17.2 Å². The monoisotopic (exact) mass is 331 g/mol. The highest BCUT2D eigenvalue weighted by molar-refractivity contribution is 6.01. The lowest BCUT2D eigenvalue weighted by molar-refractivity contribution is -0.138. The van der Waals surface area contributed by atoms with E-state index in [4.69, 9.17) is 10.5 Å². The molecule has 0 saturated heterocycles. The molecule has 4 N–H and O–H groups in total. The van der Waals surface area contributed by atoms with Crippen LogP contribution in [0.2, 0.25) is 0 Å². The van der Waals surface area contributed by atoms with Crippen molar-refractivity contribution in [3.8, 4) is 0 Å². The molecule has 0 aromatic heterocycles. The summed E-state index contributed by atoms with van der Waals surface area (Å²) in [6, 6.07) is 7.73. The van der Waals surface area contributed by atoms with E-state index in [9.17, 15) is 14.4 Å². The molecule has 1 rings (SSSR count). The van der Waals surface area contributed by atoms with Gasteiger partial charge >= 0.3 is 5.97 Å². The van der Waals surface area contributed by atoms with Crippen molar-refractivity contribution < 1.29 is 19.1 Å². The van der Waals surface area contributed by atoms with Gasteiger partial charge in [0, 0.05) is 25.1 Å². The van der Waals surface area contributed by atoms with E-state index in [-0.39, 0.29) is 24.8 Å². The topological polar surface area (TPSA) is 111 Å². The van der Waals surface area contributed by atoms with Crippen molar-refractivity contribution in [3.63, 3.8) is 0 Å². The maximum atomic E-state index is 12.2. The van der Waals surface area contributed by atoms with Crippen LogP contribution in [0, 0.1) is 0 Å². The Balaban J connectivity index is 2.87. The van der Waals surface area contributed by atoms with Crippen LogP contribution >= 0.6 is 0 Å². The molecule has 7 nitrogen and oxygen atoms in total. The summed E-state index contributed by atoms with van der Waals surface area (Å²) in [5.74, 6) is -1.45. The number of hydrogen-bond acceptors (Lipinski definition) is 5. The van der Waals surface area contributed by atoms with Crippen LogP contribution in [-0.4, -0.2) is 37.0 Å². The van der Waals surface area contributed by atoms with Gasteiger partial charge in [-0.2, -0.15) is 0 Å². The molecule has 0 heterocycles. The maximum absolute atomic E-state index is 12.2. The largest absolute Gasteiger partial charge is 0.457 e. The van der Waals surface area contributed by atoms with E-state index in [1.807, 2.05) is 0 Å². The third-order valence-corrected chi connectivity index (χ3v) is 2.80. The number of carbonyl (C=O) groups is 3. The molecule has 0 bridgehead atoms. The van der Waals surface area contributed by atoms with Crippen LogP contribution in [-0.2, 0) is 14.3 Å². The fourth-order valence-corrected chi connectivity index (χ4v) is 1.69. The van der Waals surface area contributed by atoms with Crippen molar-refractivity contribution in [1.29, 1.82) is 0 Å². The van der Waals surface area contributed by atoms with Gasteiger partial charge in [0.05, 0.1) is 0 Å². The summed E-state index contributed by atoms with van der Waals surface area (Å²) in [5.41, 5.74) is 6.12. The Morgan fingerprint density at radius 1 is 1.29 bits per heavy atom.